The van der Waals surface area contributed by atoms with Crippen LogP contribution in [0.15, 0.2) is 60.8 Å². The number of rotatable bonds is 2. The molecule has 178 valence electrons. The van der Waals surface area contributed by atoms with Gasteiger partial charge < -0.3 is 14.2 Å². The Labute approximate surface area is 209 Å². The third-order valence-corrected chi connectivity index (χ3v) is 7.76. The van der Waals surface area contributed by atoms with Gasteiger partial charge in [0.1, 0.15) is 11.4 Å². The molecular formula is C28H27ClN4O2. The number of ether oxygens (including phenoxy) is 1. The van der Waals surface area contributed by atoms with Crippen LogP contribution in [0.3, 0.4) is 0 Å². The molecule has 2 aliphatic heterocycles. The van der Waals surface area contributed by atoms with Crippen LogP contribution >= 0.6 is 11.6 Å². The molecule has 0 bridgehead atoms. The first kappa shape index (κ1) is 22.0. The number of amides is 1. The Bertz CT molecular complexity index is 1440. The van der Waals surface area contributed by atoms with Crippen molar-refractivity contribution >= 4 is 17.5 Å². The summed E-state index contributed by atoms with van der Waals surface area (Å²) in [7, 11) is 1.97. The molecule has 0 radical (unpaired) electrons. The Balaban J connectivity index is 1.25. The van der Waals surface area contributed by atoms with E-state index in [1.165, 1.54) is 0 Å². The molecule has 2 aliphatic rings. The number of benzene rings is 2. The molecule has 1 saturated heterocycles. The van der Waals surface area contributed by atoms with Crippen LogP contribution in [0.4, 0.5) is 0 Å². The van der Waals surface area contributed by atoms with Crippen molar-refractivity contribution in [1.29, 1.82) is 0 Å². The topological polar surface area (TPSA) is 52.3 Å². The second kappa shape index (κ2) is 8.02. The highest BCUT2D eigenvalue weighted by Crippen LogP contribution is 2.49. The molecule has 2 aromatic carbocycles. The van der Waals surface area contributed by atoms with Crippen molar-refractivity contribution in [2.45, 2.75) is 32.3 Å². The van der Waals surface area contributed by atoms with Crippen molar-refractivity contribution in [1.82, 2.24) is 19.2 Å². The van der Waals surface area contributed by atoms with E-state index < -0.39 is 5.60 Å². The van der Waals surface area contributed by atoms with E-state index in [0.29, 0.717) is 36.5 Å². The van der Waals surface area contributed by atoms with Gasteiger partial charge in [-0.05, 0) is 56.3 Å². The second-order valence-corrected chi connectivity index (χ2v) is 9.94. The van der Waals surface area contributed by atoms with Crippen LogP contribution in [0.1, 0.15) is 40.2 Å². The lowest BCUT2D eigenvalue weighted by atomic mass is 9.81. The molecule has 0 saturated carbocycles. The van der Waals surface area contributed by atoms with Crippen molar-refractivity contribution in [2.24, 2.45) is 7.05 Å². The Morgan fingerprint density at radius 3 is 2.46 bits per heavy atom. The third-order valence-electron chi connectivity index (χ3n) is 7.45. The first-order valence-corrected chi connectivity index (χ1v) is 12.3. The van der Waals surface area contributed by atoms with E-state index in [4.69, 9.17) is 16.3 Å². The quantitative estimate of drug-likeness (QED) is 0.366. The highest BCUT2D eigenvalue weighted by Gasteiger charge is 2.46. The van der Waals surface area contributed by atoms with E-state index in [2.05, 4.69) is 41.7 Å². The first-order valence-electron chi connectivity index (χ1n) is 11.9. The SMILES string of the molecule is Cc1ccc(C)n1-c1ccc(C(=O)N2CCC3(CC2)Oc2ccccc2-c2c3cnn2C)c(Cl)c1. The number of piperidine rings is 1. The predicted molar refractivity (Wildman–Crippen MR) is 136 cm³/mol. The molecule has 0 N–H and O–H groups in total. The molecular weight excluding hydrogens is 460 g/mol. The monoisotopic (exact) mass is 486 g/mol. The van der Waals surface area contributed by atoms with E-state index in [1.807, 2.05) is 59.2 Å². The lowest BCUT2D eigenvalue weighted by Crippen LogP contribution is -2.49. The Kier molecular flexibility index (Phi) is 5.04. The van der Waals surface area contributed by atoms with E-state index in [-0.39, 0.29) is 5.91 Å². The Hall–Kier alpha value is -3.51. The summed E-state index contributed by atoms with van der Waals surface area (Å²) in [5.41, 5.74) is 6.53. The predicted octanol–water partition coefficient (Wildman–Crippen LogP) is 5.67. The maximum absolute atomic E-state index is 13.4. The van der Waals surface area contributed by atoms with E-state index >= 15 is 0 Å². The number of halogens is 1. The number of para-hydroxylation sites is 1. The molecule has 0 atom stereocenters. The van der Waals surface area contributed by atoms with Gasteiger partial charge in [-0.3, -0.25) is 9.48 Å². The number of likely N-dealkylation sites (tertiary alicyclic amines) is 1. The highest BCUT2D eigenvalue weighted by atomic mass is 35.5. The van der Waals surface area contributed by atoms with Crippen LogP contribution in [0.5, 0.6) is 5.75 Å². The minimum atomic E-state index is -0.480. The number of aromatic nitrogens is 3. The van der Waals surface area contributed by atoms with Crippen LogP contribution in [0.25, 0.3) is 16.9 Å². The second-order valence-electron chi connectivity index (χ2n) is 9.53. The fourth-order valence-electron chi connectivity index (χ4n) is 5.61. The molecule has 1 fully saturated rings. The number of hydrogen-bond donors (Lipinski definition) is 0. The summed E-state index contributed by atoms with van der Waals surface area (Å²) in [6, 6.07) is 17.9. The molecule has 35 heavy (non-hydrogen) atoms. The number of aryl methyl sites for hydroxylation is 3. The van der Waals surface area contributed by atoms with Gasteiger partial charge in [0.15, 0.2) is 0 Å². The molecule has 6 nitrogen and oxygen atoms in total. The average molecular weight is 487 g/mol. The van der Waals surface area contributed by atoms with Gasteiger partial charge in [0.05, 0.1) is 22.5 Å². The van der Waals surface area contributed by atoms with Gasteiger partial charge >= 0.3 is 0 Å². The molecule has 2 aromatic heterocycles. The smallest absolute Gasteiger partial charge is 0.255 e. The summed E-state index contributed by atoms with van der Waals surface area (Å²) in [5.74, 6) is 0.831. The summed E-state index contributed by atoms with van der Waals surface area (Å²) in [6.45, 7) is 5.29. The van der Waals surface area contributed by atoms with Gasteiger partial charge in [0.25, 0.3) is 5.91 Å². The van der Waals surface area contributed by atoms with Gasteiger partial charge in [0.2, 0.25) is 0 Å². The summed E-state index contributed by atoms with van der Waals surface area (Å²) < 4.78 is 10.7. The fraction of sp³-hybridized carbons (Fsp3) is 0.286. The van der Waals surface area contributed by atoms with Crippen LogP contribution in [0, 0.1) is 13.8 Å². The van der Waals surface area contributed by atoms with Gasteiger partial charge in [-0.1, -0.05) is 23.7 Å². The van der Waals surface area contributed by atoms with Gasteiger partial charge in [-0.15, -0.1) is 0 Å². The highest BCUT2D eigenvalue weighted by molar-refractivity contribution is 6.34. The summed E-state index contributed by atoms with van der Waals surface area (Å²) in [5, 5.41) is 5.01. The Morgan fingerprint density at radius 1 is 1.03 bits per heavy atom. The summed E-state index contributed by atoms with van der Waals surface area (Å²) >= 11 is 6.64. The molecule has 4 heterocycles. The lowest BCUT2D eigenvalue weighted by Gasteiger charge is -2.44. The normalized spacial score (nSPS) is 16.1. The number of fused-ring (bicyclic) bond motifs is 4. The minimum Gasteiger partial charge on any atom is -0.482 e. The molecule has 7 heteroatoms. The number of hydrogen-bond acceptors (Lipinski definition) is 3. The maximum atomic E-state index is 13.4. The largest absolute Gasteiger partial charge is 0.482 e. The average Bonchev–Trinajstić information content (AvgIpc) is 3.41. The minimum absolute atomic E-state index is 0.0417. The van der Waals surface area contributed by atoms with E-state index in [0.717, 1.165) is 39.6 Å². The molecule has 0 aliphatic carbocycles. The van der Waals surface area contributed by atoms with E-state index in [1.54, 1.807) is 0 Å². The van der Waals surface area contributed by atoms with Gasteiger partial charge in [0, 0.05) is 61.2 Å². The van der Waals surface area contributed by atoms with Crippen molar-refractivity contribution in [3.63, 3.8) is 0 Å². The summed E-state index contributed by atoms with van der Waals surface area (Å²) in [4.78, 5) is 15.3. The van der Waals surface area contributed by atoms with Gasteiger partial charge in [-0.25, -0.2) is 0 Å². The molecule has 4 aromatic rings. The maximum Gasteiger partial charge on any atom is 0.255 e. The van der Waals surface area contributed by atoms with E-state index in [9.17, 15) is 4.79 Å². The van der Waals surface area contributed by atoms with Crippen LogP contribution in [0.2, 0.25) is 5.02 Å². The molecule has 1 spiro atoms. The van der Waals surface area contributed by atoms with Crippen molar-refractivity contribution in [2.75, 3.05) is 13.1 Å². The number of carbonyl (C=O) groups is 1. The zero-order valence-electron chi connectivity index (χ0n) is 20.1. The van der Waals surface area contributed by atoms with Crippen molar-refractivity contribution in [3.05, 3.63) is 88.3 Å². The van der Waals surface area contributed by atoms with Crippen LogP contribution < -0.4 is 4.74 Å². The zero-order chi connectivity index (χ0) is 24.3. The van der Waals surface area contributed by atoms with Crippen molar-refractivity contribution in [3.8, 4) is 22.7 Å². The number of carbonyl (C=O) groups excluding carboxylic acids is 1. The first-order chi connectivity index (χ1) is 16.9. The third kappa shape index (κ3) is 3.39. The summed E-state index contributed by atoms with van der Waals surface area (Å²) in [6.07, 6.45) is 3.32. The standard InChI is InChI=1S/C28H27ClN4O2/c1-18-8-9-19(2)33(18)20-10-11-21(24(29)16-20)27(34)32-14-12-28(13-15-32)23-17-30-31(3)26(23)22-6-4-5-7-25(22)35-28/h4-11,16-17H,12-15H2,1-3H3. The Morgan fingerprint density at radius 2 is 1.74 bits per heavy atom. The van der Waals surface area contributed by atoms with Crippen LogP contribution in [-0.4, -0.2) is 38.2 Å². The molecule has 0 unspecified atom stereocenters. The number of nitrogens with zero attached hydrogens (tertiary/aromatic N) is 4. The van der Waals surface area contributed by atoms with Crippen LogP contribution in [-0.2, 0) is 12.6 Å². The van der Waals surface area contributed by atoms with Crippen molar-refractivity contribution < 1.29 is 9.53 Å². The lowest BCUT2D eigenvalue weighted by molar-refractivity contribution is -0.00171. The molecule has 1 amide bonds. The molecule has 6 rings (SSSR count). The fourth-order valence-corrected chi connectivity index (χ4v) is 5.87. The zero-order valence-corrected chi connectivity index (χ0v) is 20.8. The van der Waals surface area contributed by atoms with Gasteiger partial charge in [-0.2, -0.15) is 5.10 Å².